The predicted octanol–water partition coefficient (Wildman–Crippen LogP) is 6.00. The van der Waals surface area contributed by atoms with Crippen LogP contribution >= 0.6 is 0 Å². The van der Waals surface area contributed by atoms with E-state index in [4.69, 9.17) is 19.3 Å². The lowest BCUT2D eigenvalue weighted by Crippen LogP contribution is -2.37. The first-order chi connectivity index (χ1) is 18.9. The number of aromatic nitrogens is 3. The van der Waals surface area contributed by atoms with Gasteiger partial charge in [0, 0.05) is 43.6 Å². The number of methoxy groups -OCH3 is 1. The molecule has 2 aromatic heterocycles. The number of anilines is 1. The minimum atomic E-state index is -0.524. The number of imidazole rings is 1. The summed E-state index contributed by atoms with van der Waals surface area (Å²) in [5.41, 5.74) is 4.44. The van der Waals surface area contributed by atoms with Gasteiger partial charge in [0.25, 0.3) is 0 Å². The average molecular weight is 538 g/mol. The Kier molecular flexibility index (Phi) is 9.94. The number of hydrogen-bond donors (Lipinski definition) is 0. The zero-order valence-electron chi connectivity index (χ0n) is 24.2. The second-order valence-corrected chi connectivity index (χ2v) is 10.5. The van der Waals surface area contributed by atoms with E-state index < -0.39 is 6.09 Å². The van der Waals surface area contributed by atoms with Crippen LogP contribution in [0.3, 0.4) is 0 Å². The van der Waals surface area contributed by atoms with E-state index in [2.05, 4.69) is 28.3 Å². The van der Waals surface area contributed by atoms with Gasteiger partial charge in [-0.15, -0.1) is 0 Å². The van der Waals surface area contributed by atoms with Crippen LogP contribution < -0.4 is 5.06 Å². The monoisotopic (exact) mass is 537 g/mol. The first-order valence-electron chi connectivity index (χ1n) is 14.1. The summed E-state index contributed by atoms with van der Waals surface area (Å²) in [4.78, 5) is 30.2. The van der Waals surface area contributed by atoms with Gasteiger partial charge in [-0.05, 0) is 65.1 Å². The summed E-state index contributed by atoms with van der Waals surface area (Å²) < 4.78 is 13.0. The van der Waals surface area contributed by atoms with Crippen molar-refractivity contribution in [3.8, 4) is 11.3 Å². The first-order valence-corrected chi connectivity index (χ1v) is 14.1. The number of nitrogens with zero attached hydrogens (tertiary/aromatic N) is 5. The molecule has 39 heavy (non-hydrogen) atoms. The number of fused-ring (bicyclic) bond motifs is 1. The van der Waals surface area contributed by atoms with Crippen molar-refractivity contribution < 1.29 is 19.1 Å². The highest BCUT2D eigenvalue weighted by atomic mass is 16.7. The van der Waals surface area contributed by atoms with E-state index in [1.807, 2.05) is 50.5 Å². The van der Waals surface area contributed by atoms with Crippen molar-refractivity contribution in [2.24, 2.45) is 0 Å². The number of amides is 1. The standard InChI is InChI=1S/C30H43N5O4/c1-7-8-21(2)39-30(36)35(38-6)26-15-9-23(10-16-26)27-28-22(3)31-17-18-34(28)29(32-27)24-11-13-25(14-12-24)33(4)19-20-37-5/h9-10,15-18,21,24-25H,7-8,11-14,19-20H2,1-6H3. The number of hydroxylamine groups is 1. The van der Waals surface area contributed by atoms with Crippen LogP contribution in [0.5, 0.6) is 0 Å². The lowest BCUT2D eigenvalue weighted by atomic mass is 9.85. The minimum Gasteiger partial charge on any atom is -0.445 e. The molecule has 1 saturated carbocycles. The predicted molar refractivity (Wildman–Crippen MR) is 153 cm³/mol. The fourth-order valence-corrected chi connectivity index (χ4v) is 5.63. The Morgan fingerprint density at radius 1 is 1.15 bits per heavy atom. The van der Waals surface area contributed by atoms with Crippen molar-refractivity contribution in [2.75, 3.05) is 39.5 Å². The van der Waals surface area contributed by atoms with Crippen LogP contribution in [0.4, 0.5) is 10.5 Å². The third kappa shape index (κ3) is 6.59. The maximum Gasteiger partial charge on any atom is 0.439 e. The number of ether oxygens (including phenoxy) is 2. The van der Waals surface area contributed by atoms with Gasteiger partial charge in [0.05, 0.1) is 36.3 Å². The zero-order valence-corrected chi connectivity index (χ0v) is 24.2. The average Bonchev–Trinajstić information content (AvgIpc) is 3.33. The molecule has 3 aromatic rings. The largest absolute Gasteiger partial charge is 0.445 e. The van der Waals surface area contributed by atoms with Crippen LogP contribution in [0, 0.1) is 6.92 Å². The summed E-state index contributed by atoms with van der Waals surface area (Å²) in [6, 6.07) is 8.26. The van der Waals surface area contributed by atoms with Crippen LogP contribution in [0.15, 0.2) is 36.7 Å². The number of carbonyl (C=O) groups is 1. The Morgan fingerprint density at radius 2 is 1.87 bits per heavy atom. The van der Waals surface area contributed by atoms with Crippen LogP contribution in [-0.4, -0.2) is 71.9 Å². The van der Waals surface area contributed by atoms with E-state index >= 15 is 0 Å². The highest BCUT2D eigenvalue weighted by Crippen LogP contribution is 2.37. The third-order valence-corrected chi connectivity index (χ3v) is 7.82. The van der Waals surface area contributed by atoms with Gasteiger partial charge in [-0.3, -0.25) is 14.2 Å². The van der Waals surface area contributed by atoms with Crippen LogP contribution in [0.1, 0.15) is 69.8 Å². The number of hydrogen-bond acceptors (Lipinski definition) is 7. The molecule has 1 amide bonds. The first kappa shape index (κ1) is 29.0. The molecule has 9 nitrogen and oxygen atoms in total. The molecule has 0 radical (unpaired) electrons. The summed E-state index contributed by atoms with van der Waals surface area (Å²) >= 11 is 0. The highest BCUT2D eigenvalue weighted by molar-refractivity contribution is 5.87. The number of aryl methyl sites for hydroxylation is 1. The molecule has 0 aliphatic heterocycles. The lowest BCUT2D eigenvalue weighted by Gasteiger charge is -2.34. The number of carbonyl (C=O) groups excluding carboxylic acids is 1. The Morgan fingerprint density at radius 3 is 2.51 bits per heavy atom. The molecule has 0 saturated heterocycles. The Balaban J connectivity index is 1.56. The molecule has 212 valence electrons. The van der Waals surface area contributed by atoms with E-state index in [1.165, 1.54) is 12.2 Å². The van der Waals surface area contributed by atoms with E-state index in [0.717, 1.165) is 80.0 Å². The van der Waals surface area contributed by atoms with Gasteiger partial charge in [-0.1, -0.05) is 25.5 Å². The summed E-state index contributed by atoms with van der Waals surface area (Å²) in [6.45, 7) is 7.70. The maximum absolute atomic E-state index is 12.7. The van der Waals surface area contributed by atoms with Crippen molar-refractivity contribution in [3.05, 3.63) is 48.2 Å². The summed E-state index contributed by atoms with van der Waals surface area (Å²) in [5.74, 6) is 1.49. The van der Waals surface area contributed by atoms with Crippen molar-refractivity contribution in [3.63, 3.8) is 0 Å². The van der Waals surface area contributed by atoms with E-state index in [-0.39, 0.29) is 6.10 Å². The molecule has 1 aliphatic carbocycles. The van der Waals surface area contributed by atoms with Gasteiger partial charge in [0.1, 0.15) is 11.9 Å². The third-order valence-electron chi connectivity index (χ3n) is 7.82. The number of benzene rings is 1. The molecule has 1 aliphatic rings. The Labute approximate surface area is 232 Å². The molecule has 1 atom stereocenters. The summed E-state index contributed by atoms with van der Waals surface area (Å²) in [7, 11) is 5.42. The fraction of sp³-hybridized carbons (Fsp3) is 0.567. The topological polar surface area (TPSA) is 81.4 Å². The van der Waals surface area contributed by atoms with Crippen LogP contribution in [0.25, 0.3) is 16.8 Å². The molecule has 1 unspecified atom stereocenters. The lowest BCUT2D eigenvalue weighted by molar-refractivity contribution is 0.0705. The van der Waals surface area contributed by atoms with Gasteiger partial charge >= 0.3 is 6.09 Å². The molecular formula is C30H43N5O4. The molecule has 1 aromatic carbocycles. The Hall–Kier alpha value is -3.01. The molecule has 2 heterocycles. The number of rotatable bonds is 11. The highest BCUT2D eigenvalue weighted by Gasteiger charge is 2.29. The van der Waals surface area contributed by atoms with Gasteiger partial charge < -0.3 is 14.4 Å². The van der Waals surface area contributed by atoms with Crippen LogP contribution in [-0.2, 0) is 14.3 Å². The second-order valence-electron chi connectivity index (χ2n) is 10.5. The minimum absolute atomic E-state index is 0.175. The van der Waals surface area contributed by atoms with E-state index in [9.17, 15) is 4.79 Å². The molecule has 4 rings (SSSR count). The van der Waals surface area contributed by atoms with Crippen molar-refractivity contribution in [1.82, 2.24) is 19.3 Å². The summed E-state index contributed by atoms with van der Waals surface area (Å²) in [5, 5.41) is 1.18. The van der Waals surface area contributed by atoms with Gasteiger partial charge in [0.15, 0.2) is 0 Å². The van der Waals surface area contributed by atoms with Crippen molar-refractivity contribution in [1.29, 1.82) is 0 Å². The quantitative estimate of drug-likeness (QED) is 0.277. The molecule has 1 fully saturated rings. The summed E-state index contributed by atoms with van der Waals surface area (Å²) in [6.07, 6.45) is 9.42. The second kappa shape index (κ2) is 13.4. The number of likely N-dealkylation sites (N-methyl/N-ethyl adjacent to an activating group) is 1. The maximum atomic E-state index is 12.7. The molecule has 0 bridgehead atoms. The molecule has 0 N–H and O–H groups in total. The van der Waals surface area contributed by atoms with Crippen LogP contribution in [0.2, 0.25) is 0 Å². The van der Waals surface area contributed by atoms with E-state index in [0.29, 0.717) is 17.6 Å². The van der Waals surface area contributed by atoms with Gasteiger partial charge in [-0.25, -0.2) is 9.78 Å². The zero-order chi connectivity index (χ0) is 27.9. The molecule has 0 spiro atoms. The molecular weight excluding hydrogens is 494 g/mol. The van der Waals surface area contributed by atoms with Gasteiger partial charge in [0.2, 0.25) is 0 Å². The normalized spacial score (nSPS) is 18.4. The van der Waals surface area contributed by atoms with E-state index in [1.54, 1.807) is 7.11 Å². The van der Waals surface area contributed by atoms with Crippen molar-refractivity contribution >= 4 is 17.3 Å². The molecule has 9 heteroatoms. The van der Waals surface area contributed by atoms with Gasteiger partial charge in [-0.2, -0.15) is 5.06 Å². The SMILES string of the molecule is CCCC(C)OC(=O)N(OC)c1ccc(-c2nc(C3CCC(N(C)CCOC)CC3)n3ccnc(C)c23)cc1. The fourth-order valence-electron chi connectivity index (χ4n) is 5.63. The smallest absolute Gasteiger partial charge is 0.439 e. The Bertz CT molecular complexity index is 1220. The van der Waals surface area contributed by atoms with Crippen molar-refractivity contribution in [2.45, 2.75) is 77.4 Å².